The Kier molecular flexibility index (Phi) is 3.05. The quantitative estimate of drug-likeness (QED) is 0.640. The summed E-state index contributed by atoms with van der Waals surface area (Å²) in [6.07, 6.45) is 0. The summed E-state index contributed by atoms with van der Waals surface area (Å²) >= 11 is 18.1. The smallest absolute Gasteiger partial charge is 0.228 e. The van der Waals surface area contributed by atoms with E-state index in [1.54, 1.807) is 30.3 Å². The van der Waals surface area contributed by atoms with E-state index in [-0.39, 0.29) is 0 Å². The fourth-order valence-electron chi connectivity index (χ4n) is 1.78. The molecule has 0 fully saturated rings. The Morgan fingerprint density at radius 2 is 1.79 bits per heavy atom. The molecule has 0 aliphatic carbocycles. The van der Waals surface area contributed by atoms with Crippen molar-refractivity contribution in [2.45, 2.75) is 0 Å². The summed E-state index contributed by atoms with van der Waals surface area (Å²) in [5.41, 5.74) is 7.94. The summed E-state index contributed by atoms with van der Waals surface area (Å²) in [7, 11) is 0. The molecule has 2 aromatic carbocycles. The van der Waals surface area contributed by atoms with Crippen LogP contribution >= 0.6 is 34.8 Å². The highest BCUT2D eigenvalue weighted by molar-refractivity contribution is 6.38. The van der Waals surface area contributed by atoms with Crippen LogP contribution in [0, 0.1) is 0 Å². The van der Waals surface area contributed by atoms with Crippen molar-refractivity contribution in [1.82, 2.24) is 4.98 Å². The van der Waals surface area contributed by atoms with Crippen LogP contribution in [0.15, 0.2) is 34.7 Å². The van der Waals surface area contributed by atoms with Gasteiger partial charge in [-0.15, -0.1) is 0 Å². The molecule has 1 aromatic heterocycles. The van der Waals surface area contributed by atoms with E-state index in [1.807, 2.05) is 0 Å². The van der Waals surface area contributed by atoms with E-state index in [0.717, 1.165) is 0 Å². The minimum absolute atomic E-state index is 0.379. The number of fused-ring (bicyclic) bond motifs is 1. The molecular weight excluding hydrogens is 307 g/mol. The number of hydrogen-bond donors (Lipinski definition) is 1. The summed E-state index contributed by atoms with van der Waals surface area (Å²) < 4.78 is 5.63. The number of aromatic nitrogens is 1. The molecule has 0 saturated carbocycles. The van der Waals surface area contributed by atoms with Crippen LogP contribution in [0.25, 0.3) is 22.6 Å². The number of nitrogens with zero attached hydrogens (tertiary/aromatic N) is 1. The zero-order valence-corrected chi connectivity index (χ0v) is 11.7. The van der Waals surface area contributed by atoms with Crippen molar-refractivity contribution in [2.75, 3.05) is 5.73 Å². The number of benzene rings is 2. The molecule has 0 spiro atoms. The first-order valence-corrected chi connectivity index (χ1v) is 6.49. The molecule has 19 heavy (non-hydrogen) atoms. The Labute approximate surface area is 123 Å². The van der Waals surface area contributed by atoms with Crippen LogP contribution < -0.4 is 5.73 Å². The first-order valence-electron chi connectivity index (χ1n) is 5.35. The van der Waals surface area contributed by atoms with Gasteiger partial charge in [-0.05, 0) is 30.3 Å². The molecule has 3 aromatic rings. The molecule has 6 heteroatoms. The lowest BCUT2D eigenvalue weighted by Gasteiger charge is -2.00. The topological polar surface area (TPSA) is 52.0 Å². The number of nitrogen functional groups attached to an aromatic ring is 1. The van der Waals surface area contributed by atoms with Gasteiger partial charge in [-0.1, -0.05) is 34.8 Å². The summed E-state index contributed by atoms with van der Waals surface area (Å²) in [6, 6.07) is 8.40. The van der Waals surface area contributed by atoms with Crippen molar-refractivity contribution >= 4 is 51.6 Å². The third-order valence-electron chi connectivity index (χ3n) is 2.63. The second kappa shape index (κ2) is 4.60. The number of rotatable bonds is 1. The van der Waals surface area contributed by atoms with Crippen LogP contribution in [0.5, 0.6) is 0 Å². The van der Waals surface area contributed by atoms with E-state index in [2.05, 4.69) is 4.98 Å². The van der Waals surface area contributed by atoms with E-state index in [1.165, 1.54) is 0 Å². The van der Waals surface area contributed by atoms with Gasteiger partial charge in [0.15, 0.2) is 5.58 Å². The first-order chi connectivity index (χ1) is 9.04. The molecule has 96 valence electrons. The molecule has 3 rings (SSSR count). The van der Waals surface area contributed by atoms with Crippen LogP contribution in [0.2, 0.25) is 15.1 Å². The SMILES string of the molecule is Nc1ccc(-c2nc3cc(Cl)cc(Cl)c3o2)c(Cl)c1. The number of nitrogens with two attached hydrogens (primary N) is 1. The molecule has 0 radical (unpaired) electrons. The maximum atomic E-state index is 6.12. The van der Waals surface area contributed by atoms with Gasteiger partial charge in [0.05, 0.1) is 15.6 Å². The largest absolute Gasteiger partial charge is 0.434 e. The standard InChI is InChI=1S/C13H7Cl3N2O/c14-6-3-10(16)12-11(4-6)18-13(19-12)8-2-1-7(17)5-9(8)15/h1-5H,17H2. The molecule has 0 aliphatic rings. The highest BCUT2D eigenvalue weighted by atomic mass is 35.5. The van der Waals surface area contributed by atoms with Crippen LogP contribution in [-0.2, 0) is 0 Å². The number of hydrogen-bond acceptors (Lipinski definition) is 3. The van der Waals surface area contributed by atoms with Crippen LogP contribution in [0.1, 0.15) is 0 Å². The average Bonchev–Trinajstić information content (AvgIpc) is 2.72. The third-order valence-corrected chi connectivity index (χ3v) is 3.44. The van der Waals surface area contributed by atoms with Gasteiger partial charge < -0.3 is 10.2 Å². The first kappa shape index (κ1) is 12.6. The lowest BCUT2D eigenvalue weighted by Crippen LogP contribution is -1.85. The van der Waals surface area contributed by atoms with E-state index < -0.39 is 0 Å². The molecular formula is C13H7Cl3N2O. The summed E-state index contributed by atoms with van der Waals surface area (Å²) in [5.74, 6) is 0.379. The maximum absolute atomic E-state index is 6.12. The Balaban J connectivity index is 2.23. The predicted molar refractivity (Wildman–Crippen MR) is 78.9 cm³/mol. The Bertz CT molecular complexity index is 783. The summed E-state index contributed by atoms with van der Waals surface area (Å²) in [6.45, 7) is 0. The fourth-order valence-corrected chi connectivity index (χ4v) is 2.57. The molecule has 2 N–H and O–H groups in total. The second-order valence-electron chi connectivity index (χ2n) is 3.99. The van der Waals surface area contributed by atoms with E-state index in [0.29, 0.717) is 43.3 Å². The maximum Gasteiger partial charge on any atom is 0.228 e. The number of anilines is 1. The highest BCUT2D eigenvalue weighted by Crippen LogP contribution is 2.34. The van der Waals surface area contributed by atoms with Gasteiger partial charge in [-0.25, -0.2) is 4.98 Å². The van der Waals surface area contributed by atoms with Gasteiger partial charge in [-0.3, -0.25) is 0 Å². The van der Waals surface area contributed by atoms with Gasteiger partial charge in [0.2, 0.25) is 5.89 Å². The second-order valence-corrected chi connectivity index (χ2v) is 5.24. The average molecular weight is 314 g/mol. The number of oxazole rings is 1. The van der Waals surface area contributed by atoms with Gasteiger partial charge in [-0.2, -0.15) is 0 Å². The van der Waals surface area contributed by atoms with Gasteiger partial charge in [0.1, 0.15) is 5.52 Å². The Morgan fingerprint density at radius 1 is 1.00 bits per heavy atom. The predicted octanol–water partition coefficient (Wildman–Crippen LogP) is 5.04. The lowest BCUT2D eigenvalue weighted by molar-refractivity contribution is 0.620. The minimum Gasteiger partial charge on any atom is -0.434 e. The van der Waals surface area contributed by atoms with Crippen molar-refractivity contribution in [3.63, 3.8) is 0 Å². The van der Waals surface area contributed by atoms with E-state index in [4.69, 9.17) is 45.0 Å². The van der Waals surface area contributed by atoms with Gasteiger partial charge in [0, 0.05) is 10.7 Å². The van der Waals surface area contributed by atoms with Crippen LogP contribution in [-0.4, -0.2) is 4.98 Å². The minimum atomic E-state index is 0.379. The summed E-state index contributed by atoms with van der Waals surface area (Å²) in [5, 5.41) is 1.38. The Morgan fingerprint density at radius 3 is 2.53 bits per heavy atom. The Hall–Kier alpha value is -1.42. The van der Waals surface area contributed by atoms with Crippen molar-refractivity contribution in [3.05, 3.63) is 45.4 Å². The lowest BCUT2D eigenvalue weighted by atomic mass is 10.2. The third kappa shape index (κ3) is 2.25. The number of halogens is 3. The molecule has 0 amide bonds. The van der Waals surface area contributed by atoms with Gasteiger partial charge >= 0.3 is 0 Å². The summed E-state index contributed by atoms with van der Waals surface area (Å²) in [4.78, 5) is 4.33. The molecule has 0 saturated heterocycles. The molecule has 0 unspecified atom stereocenters. The molecule has 1 heterocycles. The van der Waals surface area contributed by atoms with Crippen molar-refractivity contribution < 1.29 is 4.42 Å². The zero-order valence-electron chi connectivity index (χ0n) is 9.45. The zero-order chi connectivity index (χ0) is 13.6. The van der Waals surface area contributed by atoms with E-state index in [9.17, 15) is 0 Å². The van der Waals surface area contributed by atoms with Crippen molar-refractivity contribution in [1.29, 1.82) is 0 Å². The van der Waals surface area contributed by atoms with E-state index >= 15 is 0 Å². The molecule has 0 aliphatic heterocycles. The van der Waals surface area contributed by atoms with Crippen LogP contribution in [0.3, 0.4) is 0 Å². The fraction of sp³-hybridized carbons (Fsp3) is 0. The van der Waals surface area contributed by atoms with Crippen molar-refractivity contribution in [3.8, 4) is 11.5 Å². The highest BCUT2D eigenvalue weighted by Gasteiger charge is 2.14. The van der Waals surface area contributed by atoms with Crippen molar-refractivity contribution in [2.24, 2.45) is 0 Å². The van der Waals surface area contributed by atoms with Gasteiger partial charge in [0.25, 0.3) is 0 Å². The molecule has 0 bridgehead atoms. The monoisotopic (exact) mass is 312 g/mol. The molecule has 3 nitrogen and oxygen atoms in total. The van der Waals surface area contributed by atoms with Crippen LogP contribution in [0.4, 0.5) is 5.69 Å². The molecule has 0 atom stereocenters. The normalized spacial score (nSPS) is 11.1.